The maximum atomic E-state index is 2.44. The lowest BCUT2D eigenvalue weighted by Gasteiger charge is -2.16. The molecule has 1 heteroatoms. The van der Waals surface area contributed by atoms with Crippen molar-refractivity contribution in [2.45, 2.75) is 6.42 Å². The van der Waals surface area contributed by atoms with Gasteiger partial charge in [0.05, 0.1) is 0 Å². The van der Waals surface area contributed by atoms with Crippen LogP contribution in [0.5, 0.6) is 0 Å². The molecule has 0 radical (unpaired) electrons. The lowest BCUT2D eigenvalue weighted by atomic mass is 10.2. The molecule has 0 atom stereocenters. The summed E-state index contributed by atoms with van der Waals surface area (Å²) in [6.07, 6.45) is 5.62. The fraction of sp³-hybridized carbons (Fsp3) is 0.176. The molecule has 2 aromatic rings. The first-order valence-corrected chi connectivity index (χ1v) is 6.48. The molecule has 0 N–H and O–H groups in total. The SMILES string of the molecule is C(=Cc1ccccc1)CN1CCc2ccccc21. The van der Waals surface area contributed by atoms with Crippen LogP contribution in [0.2, 0.25) is 0 Å². The second-order valence-corrected chi connectivity index (χ2v) is 4.64. The highest BCUT2D eigenvalue weighted by Gasteiger charge is 2.16. The van der Waals surface area contributed by atoms with Crippen molar-refractivity contribution in [3.8, 4) is 0 Å². The van der Waals surface area contributed by atoms with Crippen LogP contribution in [-0.4, -0.2) is 13.1 Å². The number of hydrogen-bond donors (Lipinski definition) is 0. The minimum atomic E-state index is 0.992. The summed E-state index contributed by atoms with van der Waals surface area (Å²) in [6.45, 7) is 2.13. The van der Waals surface area contributed by atoms with Crippen molar-refractivity contribution in [3.63, 3.8) is 0 Å². The van der Waals surface area contributed by atoms with Crippen LogP contribution in [-0.2, 0) is 6.42 Å². The lowest BCUT2D eigenvalue weighted by Crippen LogP contribution is -2.19. The molecule has 0 saturated heterocycles. The number of anilines is 1. The molecule has 0 amide bonds. The number of nitrogens with zero attached hydrogens (tertiary/aromatic N) is 1. The molecule has 0 bridgehead atoms. The normalized spacial score (nSPS) is 14.1. The van der Waals surface area contributed by atoms with E-state index in [0.717, 1.165) is 13.1 Å². The number of hydrogen-bond acceptors (Lipinski definition) is 1. The molecular formula is C17H17N. The Kier molecular flexibility index (Phi) is 3.14. The van der Waals surface area contributed by atoms with Crippen LogP contribution in [0.25, 0.3) is 6.08 Å². The average molecular weight is 235 g/mol. The molecule has 18 heavy (non-hydrogen) atoms. The maximum Gasteiger partial charge on any atom is 0.0402 e. The van der Waals surface area contributed by atoms with Crippen LogP contribution in [0.15, 0.2) is 60.7 Å². The van der Waals surface area contributed by atoms with Crippen molar-refractivity contribution < 1.29 is 0 Å². The van der Waals surface area contributed by atoms with Gasteiger partial charge in [0.2, 0.25) is 0 Å². The molecular weight excluding hydrogens is 218 g/mol. The Balaban J connectivity index is 1.67. The molecule has 0 aromatic heterocycles. The largest absolute Gasteiger partial charge is 0.367 e. The van der Waals surface area contributed by atoms with Gasteiger partial charge in [0.1, 0.15) is 0 Å². The monoisotopic (exact) mass is 235 g/mol. The third-order valence-corrected chi connectivity index (χ3v) is 3.42. The topological polar surface area (TPSA) is 3.24 Å². The Morgan fingerprint density at radius 3 is 2.61 bits per heavy atom. The molecule has 90 valence electrons. The minimum absolute atomic E-state index is 0.992. The summed E-state index contributed by atoms with van der Waals surface area (Å²) >= 11 is 0. The highest BCUT2D eigenvalue weighted by atomic mass is 15.1. The van der Waals surface area contributed by atoms with Gasteiger partial charge >= 0.3 is 0 Å². The standard InChI is InChI=1S/C17H17N/c1-2-7-15(8-3-1)9-6-13-18-14-12-16-10-4-5-11-17(16)18/h1-11H,12-14H2. The van der Waals surface area contributed by atoms with E-state index in [1.54, 1.807) is 0 Å². The van der Waals surface area contributed by atoms with Crippen molar-refractivity contribution in [2.24, 2.45) is 0 Å². The van der Waals surface area contributed by atoms with Crippen molar-refractivity contribution in [1.29, 1.82) is 0 Å². The second-order valence-electron chi connectivity index (χ2n) is 4.64. The fourth-order valence-electron chi connectivity index (χ4n) is 2.48. The van der Waals surface area contributed by atoms with Gasteiger partial charge in [0.25, 0.3) is 0 Å². The molecule has 1 nitrogen and oxygen atoms in total. The molecule has 0 spiro atoms. The fourth-order valence-corrected chi connectivity index (χ4v) is 2.48. The van der Waals surface area contributed by atoms with Gasteiger partial charge in [-0.25, -0.2) is 0 Å². The number of rotatable bonds is 3. The predicted octanol–water partition coefficient (Wildman–Crippen LogP) is 3.76. The van der Waals surface area contributed by atoms with E-state index in [-0.39, 0.29) is 0 Å². The smallest absolute Gasteiger partial charge is 0.0402 e. The lowest BCUT2D eigenvalue weighted by molar-refractivity contribution is 0.905. The van der Waals surface area contributed by atoms with Crippen LogP contribution >= 0.6 is 0 Å². The molecule has 0 saturated carbocycles. The summed E-state index contributed by atoms with van der Waals surface area (Å²) in [7, 11) is 0. The van der Waals surface area contributed by atoms with Crippen molar-refractivity contribution >= 4 is 11.8 Å². The van der Waals surface area contributed by atoms with E-state index in [0.29, 0.717) is 0 Å². The molecule has 0 fully saturated rings. The van der Waals surface area contributed by atoms with Crippen molar-refractivity contribution in [1.82, 2.24) is 0 Å². The quantitative estimate of drug-likeness (QED) is 0.783. The third kappa shape index (κ3) is 2.30. The van der Waals surface area contributed by atoms with Gasteiger partial charge in [-0.15, -0.1) is 0 Å². The summed E-state index contributed by atoms with van der Waals surface area (Å²) in [6, 6.07) is 19.2. The van der Waals surface area contributed by atoms with Crippen molar-refractivity contribution in [3.05, 3.63) is 71.8 Å². The predicted molar refractivity (Wildman–Crippen MR) is 77.8 cm³/mol. The molecule has 2 aromatic carbocycles. The second kappa shape index (κ2) is 5.09. The van der Waals surface area contributed by atoms with E-state index >= 15 is 0 Å². The molecule has 0 unspecified atom stereocenters. The van der Waals surface area contributed by atoms with Crippen LogP contribution in [0.4, 0.5) is 5.69 Å². The molecule has 1 heterocycles. The highest BCUT2D eigenvalue weighted by Crippen LogP contribution is 2.26. The van der Waals surface area contributed by atoms with Crippen LogP contribution < -0.4 is 4.90 Å². The Hall–Kier alpha value is -2.02. The van der Waals surface area contributed by atoms with E-state index in [9.17, 15) is 0 Å². The average Bonchev–Trinajstić information content (AvgIpc) is 2.84. The van der Waals surface area contributed by atoms with E-state index in [1.165, 1.54) is 23.2 Å². The number of para-hydroxylation sites is 1. The van der Waals surface area contributed by atoms with E-state index in [2.05, 4.69) is 65.6 Å². The van der Waals surface area contributed by atoms with Crippen molar-refractivity contribution in [2.75, 3.05) is 18.0 Å². The Morgan fingerprint density at radius 1 is 0.944 bits per heavy atom. The molecule has 3 rings (SSSR count). The van der Waals surface area contributed by atoms with Gasteiger partial charge in [0, 0.05) is 18.8 Å². The maximum absolute atomic E-state index is 2.44. The zero-order valence-corrected chi connectivity index (χ0v) is 10.4. The summed E-state index contributed by atoms with van der Waals surface area (Å²) < 4.78 is 0. The molecule has 0 aliphatic carbocycles. The van der Waals surface area contributed by atoms with Crippen LogP contribution in [0.1, 0.15) is 11.1 Å². The Morgan fingerprint density at radius 2 is 1.72 bits per heavy atom. The van der Waals surface area contributed by atoms with E-state index in [1.807, 2.05) is 6.07 Å². The zero-order chi connectivity index (χ0) is 12.2. The third-order valence-electron chi connectivity index (χ3n) is 3.42. The molecule has 1 aliphatic heterocycles. The zero-order valence-electron chi connectivity index (χ0n) is 10.4. The first kappa shape index (κ1) is 11.1. The summed E-state index contributed by atoms with van der Waals surface area (Å²) in [4.78, 5) is 2.44. The van der Waals surface area contributed by atoms with Gasteiger partial charge in [-0.2, -0.15) is 0 Å². The van der Waals surface area contributed by atoms with Gasteiger partial charge in [-0.3, -0.25) is 0 Å². The van der Waals surface area contributed by atoms with Crippen LogP contribution in [0.3, 0.4) is 0 Å². The number of benzene rings is 2. The number of fused-ring (bicyclic) bond motifs is 1. The van der Waals surface area contributed by atoms with Gasteiger partial charge in [-0.05, 0) is 23.6 Å². The van der Waals surface area contributed by atoms with Gasteiger partial charge < -0.3 is 4.90 Å². The Labute approximate surface area is 108 Å². The van der Waals surface area contributed by atoms with Gasteiger partial charge in [-0.1, -0.05) is 60.7 Å². The first-order valence-electron chi connectivity index (χ1n) is 6.48. The summed E-state index contributed by atoms with van der Waals surface area (Å²) in [5.74, 6) is 0. The Bertz CT molecular complexity index is 543. The summed E-state index contributed by atoms with van der Waals surface area (Å²) in [5.41, 5.74) is 4.14. The van der Waals surface area contributed by atoms with Gasteiger partial charge in [0.15, 0.2) is 0 Å². The van der Waals surface area contributed by atoms with E-state index < -0.39 is 0 Å². The summed E-state index contributed by atoms with van der Waals surface area (Å²) in [5, 5.41) is 0. The highest BCUT2D eigenvalue weighted by molar-refractivity contribution is 5.59. The van der Waals surface area contributed by atoms with Crippen LogP contribution in [0, 0.1) is 0 Å². The van der Waals surface area contributed by atoms with E-state index in [4.69, 9.17) is 0 Å². The first-order chi connectivity index (χ1) is 8.93. The minimum Gasteiger partial charge on any atom is -0.367 e. The molecule has 1 aliphatic rings.